The summed E-state index contributed by atoms with van der Waals surface area (Å²) >= 11 is 0. The maximum absolute atomic E-state index is 12.3. The Morgan fingerprint density at radius 2 is 1.88 bits per heavy atom. The van der Waals surface area contributed by atoms with Crippen molar-refractivity contribution in [3.05, 3.63) is 0 Å². The second-order valence-corrected chi connectivity index (χ2v) is 5.80. The number of nitrogens with one attached hydrogen (secondary N) is 2. The Hall–Kier alpha value is -0.610. The molecule has 98 valence electrons. The van der Waals surface area contributed by atoms with E-state index >= 15 is 0 Å². The van der Waals surface area contributed by atoms with Crippen molar-refractivity contribution in [3.8, 4) is 0 Å². The van der Waals surface area contributed by atoms with Crippen LogP contribution in [0.5, 0.6) is 0 Å². The normalized spacial score (nSPS) is 39.1. The third-order valence-electron chi connectivity index (χ3n) is 4.28. The van der Waals surface area contributed by atoms with Crippen molar-refractivity contribution in [2.75, 3.05) is 26.2 Å². The lowest BCUT2D eigenvalue weighted by molar-refractivity contribution is -0.136. The van der Waals surface area contributed by atoms with E-state index < -0.39 is 0 Å². The van der Waals surface area contributed by atoms with E-state index in [1.807, 2.05) is 4.90 Å². The van der Waals surface area contributed by atoms with E-state index in [2.05, 4.69) is 31.4 Å². The van der Waals surface area contributed by atoms with Gasteiger partial charge in [0, 0.05) is 32.2 Å². The van der Waals surface area contributed by atoms with Gasteiger partial charge in [0.1, 0.15) is 0 Å². The van der Waals surface area contributed by atoms with Crippen LogP contribution in [0.1, 0.15) is 27.2 Å². The smallest absolute Gasteiger partial charge is 0.241 e. The van der Waals surface area contributed by atoms with E-state index in [-0.39, 0.29) is 11.9 Å². The summed E-state index contributed by atoms with van der Waals surface area (Å²) in [6, 6.07) is 0.450. The van der Waals surface area contributed by atoms with Gasteiger partial charge in [-0.2, -0.15) is 0 Å². The molecule has 4 atom stereocenters. The summed E-state index contributed by atoms with van der Waals surface area (Å²) in [5.41, 5.74) is 0. The first-order chi connectivity index (χ1) is 8.08. The van der Waals surface area contributed by atoms with Crippen LogP contribution in [0.4, 0.5) is 0 Å². The molecule has 4 nitrogen and oxygen atoms in total. The Balaban J connectivity index is 1.87. The zero-order valence-corrected chi connectivity index (χ0v) is 11.2. The molecule has 0 saturated carbocycles. The Bertz CT molecular complexity index is 274. The SMILES string of the molecule is CC1CNC(C(=O)N2CCC(C)C(C)C2)CN1. The number of rotatable bonds is 1. The molecule has 0 bridgehead atoms. The van der Waals surface area contributed by atoms with Crippen LogP contribution in [-0.2, 0) is 4.79 Å². The lowest BCUT2D eigenvalue weighted by Gasteiger charge is -2.38. The van der Waals surface area contributed by atoms with Gasteiger partial charge in [-0.1, -0.05) is 13.8 Å². The van der Waals surface area contributed by atoms with Crippen molar-refractivity contribution in [1.29, 1.82) is 0 Å². The van der Waals surface area contributed by atoms with E-state index in [0.29, 0.717) is 12.0 Å². The van der Waals surface area contributed by atoms with E-state index in [4.69, 9.17) is 0 Å². The number of likely N-dealkylation sites (tertiary alicyclic amines) is 1. The van der Waals surface area contributed by atoms with Gasteiger partial charge in [0.2, 0.25) is 5.91 Å². The van der Waals surface area contributed by atoms with Gasteiger partial charge in [0.25, 0.3) is 0 Å². The maximum atomic E-state index is 12.3. The fourth-order valence-corrected chi connectivity index (χ4v) is 2.64. The second-order valence-electron chi connectivity index (χ2n) is 5.80. The number of carbonyl (C=O) groups excluding carboxylic acids is 1. The molecule has 0 aromatic heterocycles. The Morgan fingerprint density at radius 3 is 2.47 bits per heavy atom. The van der Waals surface area contributed by atoms with E-state index in [1.165, 1.54) is 0 Å². The van der Waals surface area contributed by atoms with E-state index in [9.17, 15) is 4.79 Å². The highest BCUT2D eigenvalue weighted by atomic mass is 16.2. The predicted molar refractivity (Wildman–Crippen MR) is 68.8 cm³/mol. The second kappa shape index (κ2) is 5.36. The predicted octanol–water partition coefficient (Wildman–Crippen LogP) is 0.441. The van der Waals surface area contributed by atoms with Gasteiger partial charge in [-0.05, 0) is 25.2 Å². The van der Waals surface area contributed by atoms with Crippen LogP contribution in [0, 0.1) is 11.8 Å². The minimum atomic E-state index is -0.0215. The van der Waals surface area contributed by atoms with Crippen molar-refractivity contribution in [1.82, 2.24) is 15.5 Å². The Labute approximate surface area is 104 Å². The van der Waals surface area contributed by atoms with Gasteiger partial charge in [-0.15, -0.1) is 0 Å². The highest BCUT2D eigenvalue weighted by Gasteiger charge is 2.31. The Morgan fingerprint density at radius 1 is 1.12 bits per heavy atom. The third-order valence-corrected chi connectivity index (χ3v) is 4.28. The van der Waals surface area contributed by atoms with Crippen molar-refractivity contribution >= 4 is 5.91 Å². The summed E-state index contributed by atoms with van der Waals surface area (Å²) in [6.07, 6.45) is 1.14. The standard InChI is InChI=1S/C13H25N3O/c1-9-4-5-16(8-10(9)2)13(17)12-7-14-11(3)6-15-12/h9-12,14-15H,4-8H2,1-3H3. The molecule has 17 heavy (non-hydrogen) atoms. The molecule has 2 rings (SSSR count). The van der Waals surface area contributed by atoms with Gasteiger partial charge in [-0.25, -0.2) is 0 Å². The first-order valence-electron chi connectivity index (χ1n) is 6.83. The van der Waals surface area contributed by atoms with Gasteiger partial charge >= 0.3 is 0 Å². The van der Waals surface area contributed by atoms with Gasteiger partial charge < -0.3 is 15.5 Å². The fourth-order valence-electron chi connectivity index (χ4n) is 2.64. The highest BCUT2D eigenvalue weighted by Crippen LogP contribution is 2.22. The number of carbonyl (C=O) groups is 1. The van der Waals surface area contributed by atoms with Crippen LogP contribution in [0.3, 0.4) is 0 Å². The molecular weight excluding hydrogens is 214 g/mol. The molecule has 2 aliphatic heterocycles. The first-order valence-corrected chi connectivity index (χ1v) is 6.83. The van der Waals surface area contributed by atoms with Crippen molar-refractivity contribution in [2.24, 2.45) is 11.8 Å². The molecule has 2 N–H and O–H groups in total. The molecule has 2 heterocycles. The molecule has 4 heteroatoms. The topological polar surface area (TPSA) is 44.4 Å². The number of piperazine rings is 1. The zero-order valence-electron chi connectivity index (χ0n) is 11.2. The van der Waals surface area contributed by atoms with Crippen LogP contribution < -0.4 is 10.6 Å². The lowest BCUT2D eigenvalue weighted by atomic mass is 9.88. The van der Waals surface area contributed by atoms with Crippen molar-refractivity contribution in [3.63, 3.8) is 0 Å². The minimum absolute atomic E-state index is 0.0215. The van der Waals surface area contributed by atoms with E-state index in [0.717, 1.165) is 38.5 Å². The summed E-state index contributed by atoms with van der Waals surface area (Å²) in [7, 11) is 0. The van der Waals surface area contributed by atoms with Crippen LogP contribution in [-0.4, -0.2) is 49.1 Å². The molecule has 0 aromatic carbocycles. The monoisotopic (exact) mass is 239 g/mol. The molecule has 4 unspecified atom stereocenters. The summed E-state index contributed by atoms with van der Waals surface area (Å²) in [5, 5.41) is 6.70. The number of amides is 1. The quantitative estimate of drug-likeness (QED) is 0.698. The van der Waals surface area contributed by atoms with E-state index in [1.54, 1.807) is 0 Å². The molecule has 2 fully saturated rings. The molecule has 0 aliphatic carbocycles. The number of hydrogen-bond donors (Lipinski definition) is 2. The van der Waals surface area contributed by atoms with Crippen molar-refractivity contribution < 1.29 is 4.79 Å². The Kier molecular flexibility index (Phi) is 4.05. The fraction of sp³-hybridized carbons (Fsp3) is 0.923. The molecule has 1 amide bonds. The van der Waals surface area contributed by atoms with Crippen LogP contribution in [0.2, 0.25) is 0 Å². The highest BCUT2D eigenvalue weighted by molar-refractivity contribution is 5.82. The average molecular weight is 239 g/mol. The maximum Gasteiger partial charge on any atom is 0.241 e. The summed E-state index contributed by atoms with van der Waals surface area (Å²) in [5.74, 6) is 1.66. The molecule has 0 spiro atoms. The van der Waals surface area contributed by atoms with Gasteiger partial charge in [-0.3, -0.25) is 4.79 Å². The molecular formula is C13H25N3O. The molecule has 0 radical (unpaired) electrons. The van der Waals surface area contributed by atoms with Gasteiger partial charge in [0.05, 0.1) is 6.04 Å². The summed E-state index contributed by atoms with van der Waals surface area (Å²) < 4.78 is 0. The lowest BCUT2D eigenvalue weighted by Crippen LogP contribution is -2.60. The van der Waals surface area contributed by atoms with Crippen LogP contribution >= 0.6 is 0 Å². The summed E-state index contributed by atoms with van der Waals surface area (Å²) in [4.78, 5) is 14.4. The minimum Gasteiger partial charge on any atom is -0.341 e. The largest absolute Gasteiger partial charge is 0.341 e. The summed E-state index contributed by atoms with van der Waals surface area (Å²) in [6.45, 7) is 10.2. The molecule has 2 saturated heterocycles. The van der Waals surface area contributed by atoms with Crippen molar-refractivity contribution in [2.45, 2.75) is 39.3 Å². The van der Waals surface area contributed by atoms with Gasteiger partial charge in [0.15, 0.2) is 0 Å². The number of hydrogen-bond acceptors (Lipinski definition) is 3. The van der Waals surface area contributed by atoms with Crippen LogP contribution in [0.15, 0.2) is 0 Å². The van der Waals surface area contributed by atoms with Crippen LogP contribution in [0.25, 0.3) is 0 Å². The third kappa shape index (κ3) is 2.99. The number of nitrogens with zero attached hydrogens (tertiary/aromatic N) is 1. The average Bonchev–Trinajstić information content (AvgIpc) is 2.33. The molecule has 0 aromatic rings. The number of piperidine rings is 1. The molecule has 2 aliphatic rings. The first kappa shape index (κ1) is 12.8. The zero-order chi connectivity index (χ0) is 12.4.